The van der Waals surface area contributed by atoms with Gasteiger partial charge in [-0.1, -0.05) is 6.07 Å². The highest BCUT2D eigenvalue weighted by Crippen LogP contribution is 2.41. The summed E-state index contributed by atoms with van der Waals surface area (Å²) in [6.45, 7) is 2.35. The number of rotatable bonds is 4. The Hall–Kier alpha value is -3.47. The maximum absolute atomic E-state index is 12.3. The number of allylic oxidation sites excluding steroid dienone is 1. The molecule has 0 bridgehead atoms. The number of hydrogen-bond acceptors (Lipinski definition) is 7. The Bertz CT molecular complexity index is 942. The number of benzene rings is 1. The van der Waals surface area contributed by atoms with Crippen LogP contribution in [0.15, 0.2) is 40.8 Å². The molecule has 8 heteroatoms. The molecule has 25 heavy (non-hydrogen) atoms. The molecule has 128 valence electrons. The number of hydrogen-bond donors (Lipinski definition) is 2. The van der Waals surface area contributed by atoms with Gasteiger partial charge in [-0.25, -0.2) is 4.98 Å². The number of nitrogens with two attached hydrogens (primary N) is 1. The van der Waals surface area contributed by atoms with Gasteiger partial charge in [0.25, 0.3) is 5.56 Å². The maximum atomic E-state index is 12.3. The van der Waals surface area contributed by atoms with E-state index in [9.17, 15) is 10.1 Å². The van der Waals surface area contributed by atoms with Crippen LogP contribution in [0, 0.1) is 11.3 Å². The van der Waals surface area contributed by atoms with Gasteiger partial charge in [0.1, 0.15) is 11.6 Å². The average Bonchev–Trinajstić information content (AvgIpc) is 2.61. The molecule has 3 N–H and O–H groups in total. The zero-order chi connectivity index (χ0) is 18.0. The summed E-state index contributed by atoms with van der Waals surface area (Å²) >= 11 is 0. The van der Waals surface area contributed by atoms with E-state index in [4.69, 9.17) is 19.9 Å². The molecule has 0 radical (unpaired) electrons. The molecule has 0 fully saturated rings. The fourth-order valence-corrected chi connectivity index (χ4v) is 2.77. The SMILES string of the molecule is CCOc1ccc([C@H]2C(C#N)=C(N)Oc3nc[nH]c(=O)c32)cc1OC. The summed E-state index contributed by atoms with van der Waals surface area (Å²) in [5, 5.41) is 9.52. The molecule has 1 atom stereocenters. The lowest BCUT2D eigenvalue weighted by atomic mass is 9.85. The van der Waals surface area contributed by atoms with Gasteiger partial charge in [-0.3, -0.25) is 4.79 Å². The summed E-state index contributed by atoms with van der Waals surface area (Å²) in [6, 6.07) is 7.21. The first-order valence-electron chi connectivity index (χ1n) is 7.56. The van der Waals surface area contributed by atoms with E-state index in [-0.39, 0.29) is 22.9 Å². The van der Waals surface area contributed by atoms with Crippen molar-refractivity contribution in [3.63, 3.8) is 0 Å². The molecule has 1 aromatic carbocycles. The van der Waals surface area contributed by atoms with Gasteiger partial charge in [0.05, 0.1) is 31.5 Å². The minimum atomic E-state index is -0.712. The number of ether oxygens (including phenoxy) is 3. The van der Waals surface area contributed by atoms with E-state index >= 15 is 0 Å². The molecule has 1 aromatic heterocycles. The van der Waals surface area contributed by atoms with Crippen molar-refractivity contribution in [3.05, 3.63) is 57.5 Å². The van der Waals surface area contributed by atoms with Crippen LogP contribution in [-0.4, -0.2) is 23.7 Å². The number of H-pyrrole nitrogens is 1. The Labute approximate surface area is 143 Å². The van der Waals surface area contributed by atoms with Crippen molar-refractivity contribution >= 4 is 0 Å². The zero-order valence-electron chi connectivity index (χ0n) is 13.7. The first kappa shape index (κ1) is 16.4. The average molecular weight is 340 g/mol. The highest BCUT2D eigenvalue weighted by Gasteiger charge is 2.34. The minimum Gasteiger partial charge on any atom is -0.493 e. The lowest BCUT2D eigenvalue weighted by molar-refractivity contribution is 0.310. The second-order valence-corrected chi connectivity index (χ2v) is 5.22. The molecular formula is C17H16N4O4. The van der Waals surface area contributed by atoms with E-state index in [1.54, 1.807) is 18.2 Å². The molecule has 1 aliphatic rings. The Morgan fingerprint density at radius 1 is 1.44 bits per heavy atom. The second-order valence-electron chi connectivity index (χ2n) is 5.22. The van der Waals surface area contributed by atoms with Gasteiger partial charge in [-0.15, -0.1) is 0 Å². The Kier molecular flexibility index (Phi) is 4.31. The Morgan fingerprint density at radius 3 is 2.92 bits per heavy atom. The van der Waals surface area contributed by atoms with Crippen molar-refractivity contribution in [2.75, 3.05) is 13.7 Å². The molecule has 2 heterocycles. The monoisotopic (exact) mass is 340 g/mol. The quantitative estimate of drug-likeness (QED) is 0.862. The van der Waals surface area contributed by atoms with E-state index in [1.165, 1.54) is 13.4 Å². The third-order valence-corrected chi connectivity index (χ3v) is 3.84. The van der Waals surface area contributed by atoms with Crippen LogP contribution in [0.5, 0.6) is 17.4 Å². The van der Waals surface area contributed by atoms with Crippen LogP contribution in [-0.2, 0) is 0 Å². The van der Waals surface area contributed by atoms with Crippen molar-refractivity contribution in [2.45, 2.75) is 12.8 Å². The third kappa shape index (κ3) is 2.76. The predicted octanol–water partition coefficient (Wildman–Crippen LogP) is 1.40. The summed E-state index contributed by atoms with van der Waals surface area (Å²) in [5.74, 6) is 0.347. The zero-order valence-corrected chi connectivity index (χ0v) is 13.7. The number of aromatic amines is 1. The van der Waals surface area contributed by atoms with Crippen LogP contribution in [0.4, 0.5) is 0 Å². The van der Waals surface area contributed by atoms with Crippen LogP contribution in [0.3, 0.4) is 0 Å². The van der Waals surface area contributed by atoms with E-state index in [0.717, 1.165) is 0 Å². The maximum Gasteiger partial charge on any atom is 0.258 e. The van der Waals surface area contributed by atoms with Crippen LogP contribution in [0.2, 0.25) is 0 Å². The Balaban J connectivity index is 2.22. The number of methoxy groups -OCH3 is 1. The molecule has 0 unspecified atom stereocenters. The van der Waals surface area contributed by atoms with Crippen molar-refractivity contribution in [1.82, 2.24) is 9.97 Å². The van der Waals surface area contributed by atoms with Gasteiger partial charge in [0.2, 0.25) is 11.8 Å². The molecule has 0 aliphatic carbocycles. The van der Waals surface area contributed by atoms with E-state index in [1.807, 2.05) is 13.0 Å². The van der Waals surface area contributed by atoms with Gasteiger partial charge in [-0.05, 0) is 24.6 Å². The summed E-state index contributed by atoms with van der Waals surface area (Å²) in [6.07, 6.45) is 1.22. The smallest absolute Gasteiger partial charge is 0.258 e. The van der Waals surface area contributed by atoms with Gasteiger partial charge < -0.3 is 24.9 Å². The van der Waals surface area contributed by atoms with Crippen molar-refractivity contribution in [2.24, 2.45) is 5.73 Å². The number of fused-ring (bicyclic) bond motifs is 1. The number of nitrogens with one attached hydrogen (secondary N) is 1. The van der Waals surface area contributed by atoms with Crippen LogP contribution < -0.4 is 25.5 Å². The van der Waals surface area contributed by atoms with Crippen molar-refractivity contribution in [1.29, 1.82) is 5.26 Å². The van der Waals surface area contributed by atoms with E-state index < -0.39 is 11.5 Å². The molecule has 0 saturated heterocycles. The molecular weight excluding hydrogens is 324 g/mol. The third-order valence-electron chi connectivity index (χ3n) is 3.84. The normalized spacial score (nSPS) is 15.8. The summed E-state index contributed by atoms with van der Waals surface area (Å²) in [4.78, 5) is 18.8. The fraction of sp³-hybridized carbons (Fsp3) is 0.235. The van der Waals surface area contributed by atoms with Gasteiger partial charge >= 0.3 is 0 Å². The molecule has 3 rings (SSSR count). The standard InChI is InChI=1S/C17H16N4O4/c1-3-24-11-5-4-9(6-12(11)23-2)13-10(7-18)15(19)25-17-14(13)16(22)20-8-21-17/h4-6,8,13H,3,19H2,1-2H3,(H,20,21,22)/t13-/m0/s1. The molecule has 1 aliphatic heterocycles. The Morgan fingerprint density at radius 2 is 2.24 bits per heavy atom. The number of nitriles is 1. The van der Waals surface area contributed by atoms with Crippen molar-refractivity contribution < 1.29 is 14.2 Å². The van der Waals surface area contributed by atoms with E-state index in [0.29, 0.717) is 23.7 Å². The lowest BCUT2D eigenvalue weighted by Gasteiger charge is -2.24. The second kappa shape index (κ2) is 6.57. The molecule has 0 spiro atoms. The first-order chi connectivity index (χ1) is 12.1. The summed E-state index contributed by atoms with van der Waals surface area (Å²) in [5.41, 5.74) is 6.46. The molecule has 8 nitrogen and oxygen atoms in total. The first-order valence-corrected chi connectivity index (χ1v) is 7.56. The molecule has 2 aromatic rings. The van der Waals surface area contributed by atoms with Crippen LogP contribution >= 0.6 is 0 Å². The number of nitrogens with zero attached hydrogens (tertiary/aromatic N) is 2. The van der Waals surface area contributed by atoms with Gasteiger partial charge in [0, 0.05) is 0 Å². The van der Waals surface area contributed by atoms with E-state index in [2.05, 4.69) is 9.97 Å². The van der Waals surface area contributed by atoms with Crippen LogP contribution in [0.1, 0.15) is 24.0 Å². The number of aromatic nitrogens is 2. The highest BCUT2D eigenvalue weighted by molar-refractivity contribution is 5.55. The summed E-state index contributed by atoms with van der Waals surface area (Å²) in [7, 11) is 1.52. The molecule has 0 amide bonds. The topological polar surface area (TPSA) is 123 Å². The minimum absolute atomic E-state index is 0.0778. The van der Waals surface area contributed by atoms with Crippen LogP contribution in [0.25, 0.3) is 0 Å². The predicted molar refractivity (Wildman–Crippen MR) is 88.3 cm³/mol. The molecule has 0 saturated carbocycles. The van der Waals surface area contributed by atoms with Crippen molar-refractivity contribution in [3.8, 4) is 23.4 Å². The van der Waals surface area contributed by atoms with Gasteiger partial charge in [-0.2, -0.15) is 5.26 Å². The largest absolute Gasteiger partial charge is 0.493 e. The highest BCUT2D eigenvalue weighted by atomic mass is 16.5. The van der Waals surface area contributed by atoms with Gasteiger partial charge in [0.15, 0.2) is 11.5 Å². The summed E-state index contributed by atoms with van der Waals surface area (Å²) < 4.78 is 16.2. The fourth-order valence-electron chi connectivity index (χ4n) is 2.77. The lowest BCUT2D eigenvalue weighted by Crippen LogP contribution is -2.28.